The number of para-hydroxylation sites is 9. The quantitative estimate of drug-likeness (QED) is 0.0826. The van der Waals surface area contributed by atoms with E-state index >= 15 is 0 Å². The van der Waals surface area contributed by atoms with Crippen molar-refractivity contribution in [3.8, 4) is 45.0 Å². The van der Waals surface area contributed by atoms with E-state index in [9.17, 15) is 0 Å². The summed E-state index contributed by atoms with van der Waals surface area (Å²) in [6, 6.07) is 129. The van der Waals surface area contributed by atoms with E-state index in [1.54, 1.807) is 37.2 Å². The van der Waals surface area contributed by atoms with Gasteiger partial charge in [0.2, 0.25) is 0 Å². The number of aromatic nitrogens is 13. The molecule has 5 radical (unpaired) electrons. The first-order valence-electron chi connectivity index (χ1n) is 47.7. The molecule has 0 saturated heterocycles. The Kier molecular flexibility index (Phi) is 34.5. The van der Waals surface area contributed by atoms with Crippen LogP contribution in [0.1, 0.15) is 103 Å². The summed E-state index contributed by atoms with van der Waals surface area (Å²) in [4.78, 5) is 83.5. The molecule has 0 spiro atoms. The summed E-state index contributed by atoms with van der Waals surface area (Å²) in [6.45, 7) is 28.0. The zero-order valence-electron chi connectivity index (χ0n) is 81.9. The summed E-state index contributed by atoms with van der Waals surface area (Å²) in [7, 11) is 0. The summed E-state index contributed by atoms with van der Waals surface area (Å²) < 4.78 is 0. The minimum atomic E-state index is 0. The average Bonchev–Trinajstić information content (AvgIpc) is 1.53. The van der Waals surface area contributed by atoms with Crippen LogP contribution in [-0.4, -0.2) is 64.8 Å². The molecule has 25 rings (SSSR count). The Morgan fingerprint density at radius 1 is 0.230 bits per heavy atom. The molecule has 148 heavy (non-hydrogen) atoms. The van der Waals surface area contributed by atoms with Gasteiger partial charge < -0.3 is 49.0 Å². The van der Waals surface area contributed by atoms with Crippen molar-refractivity contribution in [1.82, 2.24) is 64.8 Å². The van der Waals surface area contributed by atoms with Crippen molar-refractivity contribution in [3.05, 3.63) is 476 Å². The molecule has 0 amide bonds. The molecule has 0 fully saturated rings. The van der Waals surface area contributed by atoms with Crippen LogP contribution in [0.15, 0.2) is 389 Å². The second-order valence-corrected chi connectivity index (χ2v) is 36.4. The van der Waals surface area contributed by atoms with Crippen LogP contribution >= 0.6 is 0 Å². The summed E-state index contributed by atoms with van der Waals surface area (Å²) in [5.74, 6) is 8.73. The Hall–Kier alpha value is -14.5. The van der Waals surface area contributed by atoms with Crippen LogP contribution in [0.25, 0.3) is 45.0 Å². The Labute approximate surface area is 932 Å². The number of fused-ring (bicyclic) bond motifs is 6. The van der Waals surface area contributed by atoms with E-state index in [-0.39, 0.29) is 111 Å². The van der Waals surface area contributed by atoms with Crippen LogP contribution in [0.2, 0.25) is 0 Å². The number of pyridine rings is 3. The van der Waals surface area contributed by atoms with Gasteiger partial charge in [0.1, 0.15) is 69.6 Å². The molecule has 5 aliphatic heterocycles. The van der Waals surface area contributed by atoms with E-state index in [2.05, 4.69) is 249 Å². The second kappa shape index (κ2) is 48.0. The summed E-state index contributed by atoms with van der Waals surface area (Å²) >= 11 is 0. The molecule has 6 aliphatic rings. The molecule has 0 saturated carbocycles. The molecule has 0 bridgehead atoms. The second-order valence-electron chi connectivity index (χ2n) is 36.4. The number of rotatable bonds is 16. The van der Waals surface area contributed by atoms with E-state index in [0.717, 1.165) is 196 Å². The summed E-state index contributed by atoms with van der Waals surface area (Å²) in [5.41, 5.74) is 21.3. The van der Waals surface area contributed by atoms with E-state index in [0.29, 0.717) is 11.8 Å². The molecular weight excluding hydrogens is 2720 g/mol. The van der Waals surface area contributed by atoms with Crippen LogP contribution in [-0.2, 0) is 111 Å². The normalized spacial score (nSPS) is 13.7. The van der Waals surface area contributed by atoms with E-state index in [1.165, 1.54) is 0 Å². The molecule has 23 nitrogen and oxygen atoms in total. The fraction of sp³-hybridized carbons (Fsp3) is 0.117. The van der Waals surface area contributed by atoms with Crippen molar-refractivity contribution >= 4 is 115 Å². The Bertz CT molecular complexity index is 6890. The van der Waals surface area contributed by atoms with Crippen molar-refractivity contribution in [2.45, 2.75) is 90.9 Å². The molecule has 19 aromatic rings. The van der Waals surface area contributed by atoms with Gasteiger partial charge in [0.15, 0.2) is 0 Å². The standard InChI is InChI=1S/C29H20N4.C27H18N6.C25H26N4.C23H24N4.C16H11N5.5Ir/c1-5-13-22(14-6-1)26-27(23-15-7-2-8-16-23)31-29-28(30-26)32(24-17-9-3-10-18-24)21-33(29)25-19-11-4-12-20-25;1-3-11-22(12-4-1)32-19-33(23-13-5-2-6-14-23)27-26(32)30-24(20-9-7-15-28-17-20)25(31-27)21-10-8-16-29-18-21;1-24(2)15-16-25(3,4)21-20(24)26-22-23(27-21)29(19-13-9-6-10-14-19)17-28(22)18-11-7-5-8-12-18;1-16(2)20-21(17(3)4)25-23-22(24-20)26(18-11-7-5-8-12-18)15-27(23)19-13-9-6-10-14-19;1-2-4-13(5-3-1)20-12-21(14-6-8-17-9-7-14)16-15(20)18-10-11-19-16;;;;;/h1-19,21H;1-13,15-19H;5-13,17H,15-16H2,1-4H3;5-13,15-17H,1-4H3;1-4,6-12H;;;;;/q5*-2;;;;;. The van der Waals surface area contributed by atoms with Gasteiger partial charge in [-0.05, 0) is 110 Å². The summed E-state index contributed by atoms with van der Waals surface area (Å²) in [6.07, 6.45) is 16.3. The molecule has 1 aliphatic carbocycles. The Balaban J connectivity index is 0.000000132. The minimum Gasteiger partial charge on any atom is -0.477 e. The van der Waals surface area contributed by atoms with Crippen LogP contribution in [0.4, 0.5) is 115 Å². The third-order valence-corrected chi connectivity index (χ3v) is 25.1. The molecule has 13 heterocycles. The molecule has 8 aromatic heterocycles. The minimum absolute atomic E-state index is 0. The number of anilines is 20. The molecular formula is C120H99Ir5N23-10. The van der Waals surface area contributed by atoms with E-state index in [1.807, 2.05) is 296 Å². The van der Waals surface area contributed by atoms with Crippen LogP contribution in [0.3, 0.4) is 0 Å². The van der Waals surface area contributed by atoms with Crippen LogP contribution in [0.5, 0.6) is 0 Å². The van der Waals surface area contributed by atoms with Crippen LogP contribution in [0, 0.1) is 63.7 Å². The first-order valence-corrected chi connectivity index (χ1v) is 47.7. The molecule has 749 valence electrons. The zero-order valence-corrected chi connectivity index (χ0v) is 93.8. The molecule has 0 unspecified atom stereocenters. The first-order chi connectivity index (χ1) is 70.1. The van der Waals surface area contributed by atoms with Crippen molar-refractivity contribution in [2.24, 2.45) is 0 Å². The Morgan fingerprint density at radius 3 is 0.757 bits per heavy atom. The van der Waals surface area contributed by atoms with Gasteiger partial charge in [0.25, 0.3) is 0 Å². The molecule has 11 aromatic carbocycles. The van der Waals surface area contributed by atoms with E-state index < -0.39 is 0 Å². The van der Waals surface area contributed by atoms with Crippen molar-refractivity contribution < 1.29 is 101 Å². The molecule has 0 N–H and O–H groups in total. The molecule has 28 heteroatoms. The van der Waals surface area contributed by atoms with Gasteiger partial charge in [-0.15, -0.1) is 61.8 Å². The third-order valence-electron chi connectivity index (χ3n) is 25.1. The number of benzene rings is 11. The Morgan fingerprint density at radius 2 is 0.466 bits per heavy atom. The fourth-order valence-electron chi connectivity index (χ4n) is 17.8. The van der Waals surface area contributed by atoms with Crippen molar-refractivity contribution in [3.63, 3.8) is 0 Å². The monoisotopic (exact) mass is 2830 g/mol. The number of hydrogen-bond acceptors (Lipinski definition) is 23. The third kappa shape index (κ3) is 22.5. The zero-order chi connectivity index (χ0) is 97.3. The van der Waals surface area contributed by atoms with Gasteiger partial charge in [-0.3, -0.25) is 15.0 Å². The smallest absolute Gasteiger partial charge is 0.146 e. The number of hydrogen-bond donors (Lipinski definition) is 0. The maximum absolute atomic E-state index is 5.25. The average molecular weight is 2820 g/mol. The van der Waals surface area contributed by atoms with Gasteiger partial charge in [0.05, 0.1) is 34.2 Å². The van der Waals surface area contributed by atoms with Crippen molar-refractivity contribution in [1.29, 1.82) is 0 Å². The number of nitrogens with zero attached hydrogens (tertiary/aromatic N) is 23. The SMILES string of the molecule is CC(C)c1nc2c(nc1C(C)C)N(c1ccccc1)[CH-]N2c1[c-]cccc1.CC1(C)CCC(C)(C)c2nc3c(nc21)N(c1[c-]cccc1)[CH-]N3c1ccccc1.[Ir].[Ir].[Ir].[Ir].[Ir].[c-]1ccccc1N1[CH-]N(c2ccccc2)c2nc(-c3ccccc3)c(-c3ccccc3)nc21.[c-]1ccccc1N1[CH-]N(c2ccccc2)c2nc(-c3cccnc3)c(-c3cccnc3)nc21.[c-]1ccccc1N1[CH-]N(c2ccncc2)c2nccnc21. The van der Waals surface area contributed by atoms with Gasteiger partial charge in [-0.2, -0.15) is 152 Å². The maximum Gasteiger partial charge on any atom is 0.146 e. The van der Waals surface area contributed by atoms with E-state index in [4.69, 9.17) is 39.9 Å². The van der Waals surface area contributed by atoms with Gasteiger partial charge >= 0.3 is 0 Å². The predicted molar refractivity (Wildman–Crippen MR) is 570 cm³/mol. The van der Waals surface area contributed by atoms with Crippen LogP contribution < -0.4 is 49.0 Å². The fourth-order valence-corrected chi connectivity index (χ4v) is 17.8. The van der Waals surface area contributed by atoms with Crippen molar-refractivity contribution in [2.75, 3.05) is 49.0 Å². The maximum atomic E-state index is 5.25. The van der Waals surface area contributed by atoms with Gasteiger partial charge in [0, 0.05) is 212 Å². The van der Waals surface area contributed by atoms with Gasteiger partial charge in [-0.25, -0.2) is 49.8 Å². The largest absolute Gasteiger partial charge is 0.477 e. The first kappa shape index (κ1) is 106. The predicted octanol–water partition coefficient (Wildman–Crippen LogP) is 27.9. The summed E-state index contributed by atoms with van der Waals surface area (Å²) in [5, 5.41) is 0. The molecule has 0 atom stereocenters. The topological polar surface area (TPSA) is 200 Å². The van der Waals surface area contributed by atoms with Gasteiger partial charge in [-0.1, -0.05) is 189 Å².